The highest BCUT2D eigenvalue weighted by Gasteiger charge is 2.42. The number of allylic oxidation sites excluding steroid dienone is 1. The molecule has 1 aliphatic carbocycles. The molecule has 1 amide bonds. The predicted molar refractivity (Wildman–Crippen MR) is 172 cm³/mol. The van der Waals surface area contributed by atoms with Crippen LogP contribution in [0.1, 0.15) is 36.1 Å². The summed E-state index contributed by atoms with van der Waals surface area (Å²) in [7, 11) is 3.29. The van der Waals surface area contributed by atoms with Crippen molar-refractivity contribution < 1.29 is 27.8 Å². The Morgan fingerprint density at radius 1 is 1.13 bits per heavy atom. The number of hydrogen-bond acceptors (Lipinski definition) is 8. The maximum Gasteiger partial charge on any atom is 0.311 e. The van der Waals surface area contributed by atoms with Gasteiger partial charge in [-0.05, 0) is 74.2 Å². The van der Waals surface area contributed by atoms with Gasteiger partial charge in [0.2, 0.25) is 5.88 Å². The highest BCUT2D eigenvalue weighted by Crippen LogP contribution is 2.47. The number of nitrogens with one attached hydrogen (secondary N) is 1. The van der Waals surface area contributed by atoms with Gasteiger partial charge in [0.05, 0.1) is 36.9 Å². The number of rotatable bonds is 8. The van der Waals surface area contributed by atoms with Crippen LogP contribution in [0, 0.1) is 24.5 Å². The summed E-state index contributed by atoms with van der Waals surface area (Å²) >= 11 is 6.90. The van der Waals surface area contributed by atoms with Crippen LogP contribution in [0.5, 0.6) is 5.88 Å². The average molecular weight is 650 g/mol. The summed E-state index contributed by atoms with van der Waals surface area (Å²) in [6, 6.07) is 7.35. The monoisotopic (exact) mass is 649 g/mol. The van der Waals surface area contributed by atoms with Crippen molar-refractivity contribution in [3.63, 3.8) is 0 Å². The second-order valence-corrected chi connectivity index (χ2v) is 12.0. The molecule has 46 heavy (non-hydrogen) atoms. The maximum atomic E-state index is 15.6. The Balaban J connectivity index is 1.33. The third-order valence-electron chi connectivity index (χ3n) is 8.80. The number of carbonyl (C=O) groups excluding carboxylic acids is 2. The van der Waals surface area contributed by atoms with E-state index in [-0.39, 0.29) is 40.0 Å². The van der Waals surface area contributed by atoms with Crippen molar-refractivity contribution in [2.24, 2.45) is 11.0 Å². The summed E-state index contributed by atoms with van der Waals surface area (Å²) < 4.78 is 42.0. The zero-order valence-electron chi connectivity index (χ0n) is 26.0. The van der Waals surface area contributed by atoms with Crippen LogP contribution in [0.15, 0.2) is 47.1 Å². The number of hydrogen-bond donors (Lipinski definition) is 1. The van der Waals surface area contributed by atoms with Crippen LogP contribution >= 0.6 is 11.6 Å². The number of hydrazone groups is 1. The fourth-order valence-corrected chi connectivity index (χ4v) is 6.79. The summed E-state index contributed by atoms with van der Waals surface area (Å²) in [6.45, 7) is 5.28. The molecule has 0 bridgehead atoms. The minimum absolute atomic E-state index is 0.0117. The lowest BCUT2D eigenvalue weighted by Gasteiger charge is -2.42. The topological polar surface area (TPSA) is 96.4 Å². The third-order valence-corrected chi connectivity index (χ3v) is 9.20. The number of halogens is 3. The van der Waals surface area contributed by atoms with E-state index >= 15 is 8.78 Å². The number of methoxy groups -OCH3 is 1. The summed E-state index contributed by atoms with van der Waals surface area (Å²) in [5, 5.41) is 8.51. The highest BCUT2D eigenvalue weighted by atomic mass is 35.5. The van der Waals surface area contributed by atoms with E-state index in [1.54, 1.807) is 39.1 Å². The van der Waals surface area contributed by atoms with Crippen molar-refractivity contribution in [3.8, 4) is 28.3 Å². The van der Waals surface area contributed by atoms with E-state index in [0.29, 0.717) is 60.2 Å². The Labute approximate surface area is 270 Å². The molecule has 1 saturated heterocycles. The smallest absolute Gasteiger partial charge is 0.311 e. The molecule has 1 aromatic heterocycles. The molecule has 3 aliphatic rings. The number of fused-ring (bicyclic) bond motifs is 1. The van der Waals surface area contributed by atoms with Gasteiger partial charge in [-0.3, -0.25) is 19.5 Å². The van der Waals surface area contributed by atoms with Gasteiger partial charge in [-0.25, -0.2) is 13.8 Å². The first kappa shape index (κ1) is 31.6. The van der Waals surface area contributed by atoms with Crippen molar-refractivity contribution in [1.29, 1.82) is 0 Å². The van der Waals surface area contributed by atoms with E-state index in [1.807, 2.05) is 6.07 Å². The van der Waals surface area contributed by atoms with Gasteiger partial charge in [-0.2, -0.15) is 5.10 Å². The molecule has 2 aliphatic heterocycles. The van der Waals surface area contributed by atoms with Crippen molar-refractivity contribution >= 4 is 35.4 Å². The largest absolute Gasteiger partial charge is 0.481 e. The number of likely N-dealkylation sites (N-methyl/N-ethyl adjacent to an activating group) is 1. The Morgan fingerprint density at radius 2 is 1.87 bits per heavy atom. The molecule has 1 atom stereocenters. The minimum atomic E-state index is -0.714. The summed E-state index contributed by atoms with van der Waals surface area (Å²) in [5.41, 5.74) is 3.80. The number of nitrogens with zero attached hydrogens (tertiary/aromatic N) is 4. The number of carbonyl (C=O) groups is 2. The number of anilines is 1. The molecule has 3 heterocycles. The number of aromatic nitrogens is 1. The van der Waals surface area contributed by atoms with E-state index in [9.17, 15) is 9.59 Å². The van der Waals surface area contributed by atoms with Crippen LogP contribution in [0.2, 0.25) is 5.02 Å². The molecule has 0 spiro atoms. The quantitative estimate of drug-likeness (QED) is 0.302. The molecule has 12 heteroatoms. The van der Waals surface area contributed by atoms with E-state index in [1.165, 1.54) is 30.5 Å². The number of aryl methyl sites for hydroxylation is 1. The lowest BCUT2D eigenvalue weighted by molar-refractivity contribution is -0.155. The van der Waals surface area contributed by atoms with Gasteiger partial charge in [0.15, 0.2) is 0 Å². The lowest BCUT2D eigenvalue weighted by Crippen LogP contribution is -2.51. The SMILES string of the molecule is CCOC(=O)C1CN(C2CCc3cc(-c4ccc(F)c(-c5c(F)ccc(NC(=O)C6=CC=NN(C)C6)c5C)c4Cl)nc(OC)c32)C1. The van der Waals surface area contributed by atoms with Gasteiger partial charge in [0.1, 0.15) is 11.6 Å². The molecule has 3 aromatic rings. The third kappa shape index (κ3) is 5.73. The molecule has 6 rings (SSSR count). The van der Waals surface area contributed by atoms with Gasteiger partial charge >= 0.3 is 5.97 Å². The first-order valence-corrected chi connectivity index (χ1v) is 15.5. The van der Waals surface area contributed by atoms with Gasteiger partial charge in [0.25, 0.3) is 5.91 Å². The second kappa shape index (κ2) is 12.8. The molecule has 1 N–H and O–H groups in total. The number of benzene rings is 2. The molecule has 0 radical (unpaired) electrons. The minimum Gasteiger partial charge on any atom is -0.481 e. The maximum absolute atomic E-state index is 15.6. The molecule has 1 unspecified atom stereocenters. The van der Waals surface area contributed by atoms with Crippen LogP contribution in [-0.4, -0.2) is 73.4 Å². The lowest BCUT2D eigenvalue weighted by atomic mass is 9.94. The van der Waals surface area contributed by atoms with Crippen molar-refractivity contribution in [1.82, 2.24) is 14.9 Å². The van der Waals surface area contributed by atoms with E-state index in [0.717, 1.165) is 24.0 Å². The van der Waals surface area contributed by atoms with Gasteiger partial charge in [-0.15, -0.1) is 0 Å². The molecule has 0 saturated carbocycles. The summed E-state index contributed by atoms with van der Waals surface area (Å²) in [6.07, 6.45) is 4.72. The Bertz CT molecular complexity index is 1790. The number of esters is 1. The zero-order valence-corrected chi connectivity index (χ0v) is 26.8. The summed E-state index contributed by atoms with van der Waals surface area (Å²) in [5.74, 6) is -1.67. The van der Waals surface area contributed by atoms with Crippen LogP contribution in [0.3, 0.4) is 0 Å². The van der Waals surface area contributed by atoms with Crippen LogP contribution in [-0.2, 0) is 20.7 Å². The van der Waals surface area contributed by atoms with Crippen molar-refractivity contribution in [2.75, 3.05) is 45.7 Å². The Kier molecular flexibility index (Phi) is 8.80. The normalized spacial score (nSPS) is 17.8. The predicted octanol–water partition coefficient (Wildman–Crippen LogP) is 5.94. The van der Waals surface area contributed by atoms with E-state index < -0.39 is 11.6 Å². The first-order valence-electron chi connectivity index (χ1n) is 15.1. The second-order valence-electron chi connectivity index (χ2n) is 11.7. The van der Waals surface area contributed by atoms with Gasteiger partial charge in [0, 0.05) is 65.9 Å². The first-order chi connectivity index (χ1) is 22.1. The van der Waals surface area contributed by atoms with Gasteiger partial charge in [-0.1, -0.05) is 11.6 Å². The molecular formula is C34H34ClF2N5O4. The molecule has 2 aromatic carbocycles. The van der Waals surface area contributed by atoms with Crippen LogP contribution in [0.25, 0.3) is 22.4 Å². The standard InChI is InChI=1S/C34H34ClF2N5O4/c1-5-46-34(44)21-16-42(17-21)27-11-6-19-14-26(40-33(45-4)29(19)27)22-7-8-24(37)30(31(22)35)28-18(2)25(10-9-23(28)36)39-32(43)20-12-13-38-41(3)15-20/h7-10,12-14,21,27H,5-6,11,15-17H2,1-4H3,(H,39,43). The van der Waals surface area contributed by atoms with E-state index in [2.05, 4.69) is 15.3 Å². The molecular weight excluding hydrogens is 616 g/mol. The molecule has 240 valence electrons. The number of amides is 1. The van der Waals surface area contributed by atoms with Gasteiger partial charge < -0.3 is 14.8 Å². The fraction of sp³-hybridized carbons (Fsp3) is 0.353. The zero-order chi connectivity index (χ0) is 32.7. The number of likely N-dealkylation sites (tertiary alicyclic amines) is 1. The molecule has 9 nitrogen and oxygen atoms in total. The molecule has 1 fully saturated rings. The average Bonchev–Trinajstić information content (AvgIpc) is 3.42. The number of pyridine rings is 1. The van der Waals surface area contributed by atoms with Crippen molar-refractivity contribution in [3.05, 3.63) is 75.3 Å². The Hall–Kier alpha value is -4.35. The summed E-state index contributed by atoms with van der Waals surface area (Å²) in [4.78, 5) is 32.1. The number of ether oxygens (including phenoxy) is 2. The fourth-order valence-electron chi connectivity index (χ4n) is 6.44. The van der Waals surface area contributed by atoms with Crippen LogP contribution < -0.4 is 10.1 Å². The van der Waals surface area contributed by atoms with Crippen molar-refractivity contribution in [2.45, 2.75) is 32.7 Å². The Morgan fingerprint density at radius 3 is 2.59 bits per heavy atom. The van der Waals surface area contributed by atoms with Crippen LogP contribution in [0.4, 0.5) is 14.5 Å². The highest BCUT2D eigenvalue weighted by molar-refractivity contribution is 6.36. The van der Waals surface area contributed by atoms with E-state index in [4.69, 9.17) is 26.1 Å².